The minimum absolute atomic E-state index is 0.0877. The molecule has 0 unspecified atom stereocenters. The lowest BCUT2D eigenvalue weighted by Crippen LogP contribution is -2.28. The predicted octanol–water partition coefficient (Wildman–Crippen LogP) is 2.11. The van der Waals surface area contributed by atoms with Gasteiger partial charge in [-0.15, -0.1) is 6.58 Å². The molecule has 1 aromatic carbocycles. The Labute approximate surface area is 103 Å². The van der Waals surface area contributed by atoms with Gasteiger partial charge in [0, 0.05) is 24.3 Å². The van der Waals surface area contributed by atoms with Crippen LogP contribution in [0.15, 0.2) is 36.9 Å². The highest BCUT2D eigenvalue weighted by molar-refractivity contribution is 5.55. The number of aliphatic hydroxyl groups is 2. The van der Waals surface area contributed by atoms with Gasteiger partial charge in [0.15, 0.2) is 0 Å². The van der Waals surface area contributed by atoms with E-state index in [2.05, 4.69) is 6.58 Å². The van der Waals surface area contributed by atoms with E-state index in [1.165, 1.54) is 0 Å². The number of hydrogen-bond acceptors (Lipinski definition) is 3. The molecule has 0 aliphatic heterocycles. The lowest BCUT2D eigenvalue weighted by molar-refractivity contribution is 0.174. The summed E-state index contributed by atoms with van der Waals surface area (Å²) in [7, 11) is 0. The number of benzene rings is 1. The zero-order valence-corrected chi connectivity index (χ0v) is 10.3. The van der Waals surface area contributed by atoms with Gasteiger partial charge in [-0.2, -0.15) is 0 Å². The highest BCUT2D eigenvalue weighted by Gasteiger charge is 2.14. The minimum atomic E-state index is -0.461. The van der Waals surface area contributed by atoms with Crippen molar-refractivity contribution in [1.82, 2.24) is 0 Å². The summed E-state index contributed by atoms with van der Waals surface area (Å²) >= 11 is 0. The van der Waals surface area contributed by atoms with Gasteiger partial charge in [0.05, 0.1) is 12.7 Å². The predicted molar refractivity (Wildman–Crippen MR) is 71.2 cm³/mol. The third-order valence-corrected chi connectivity index (χ3v) is 2.74. The topological polar surface area (TPSA) is 43.7 Å². The highest BCUT2D eigenvalue weighted by Crippen LogP contribution is 2.27. The molecule has 0 amide bonds. The molecule has 3 nitrogen and oxygen atoms in total. The fourth-order valence-corrected chi connectivity index (χ4v) is 1.86. The summed E-state index contributed by atoms with van der Waals surface area (Å²) in [5, 5.41) is 19.1. The van der Waals surface area contributed by atoms with Crippen LogP contribution in [-0.4, -0.2) is 29.9 Å². The lowest BCUT2D eigenvalue weighted by Gasteiger charge is -2.26. The molecule has 1 aromatic rings. The molecule has 0 saturated heterocycles. The van der Waals surface area contributed by atoms with Crippen LogP contribution in [0.3, 0.4) is 0 Å². The zero-order valence-electron chi connectivity index (χ0n) is 10.3. The fourth-order valence-electron chi connectivity index (χ4n) is 1.86. The molecule has 0 bridgehead atoms. The van der Waals surface area contributed by atoms with Crippen molar-refractivity contribution < 1.29 is 10.2 Å². The maximum atomic E-state index is 9.98. The summed E-state index contributed by atoms with van der Waals surface area (Å²) in [6, 6.07) is 7.75. The second kappa shape index (κ2) is 7.09. The van der Waals surface area contributed by atoms with Crippen molar-refractivity contribution in [2.24, 2.45) is 0 Å². The van der Waals surface area contributed by atoms with Gasteiger partial charge in [0.2, 0.25) is 0 Å². The van der Waals surface area contributed by atoms with Crippen LogP contribution >= 0.6 is 0 Å². The van der Waals surface area contributed by atoms with Gasteiger partial charge in [0.25, 0.3) is 0 Å². The Kier molecular flexibility index (Phi) is 5.73. The number of hydrogen-bond donors (Lipinski definition) is 2. The number of para-hydroxylation sites is 1. The summed E-state index contributed by atoms with van der Waals surface area (Å²) in [5.41, 5.74) is 1.88. The van der Waals surface area contributed by atoms with Crippen molar-refractivity contribution in [1.29, 1.82) is 0 Å². The van der Waals surface area contributed by atoms with Crippen LogP contribution in [0.2, 0.25) is 0 Å². The van der Waals surface area contributed by atoms with E-state index in [0.717, 1.165) is 11.3 Å². The van der Waals surface area contributed by atoms with Crippen LogP contribution in [0, 0.1) is 0 Å². The molecule has 17 heavy (non-hydrogen) atoms. The fraction of sp³-hybridized carbons (Fsp3) is 0.429. The summed E-state index contributed by atoms with van der Waals surface area (Å²) in [4.78, 5) is 2.02. The van der Waals surface area contributed by atoms with E-state index in [1.807, 2.05) is 36.1 Å². The van der Waals surface area contributed by atoms with E-state index < -0.39 is 6.10 Å². The molecule has 94 valence electrons. The number of nitrogens with zero attached hydrogens (tertiary/aromatic N) is 1. The number of aliphatic hydroxyl groups excluding tert-OH is 2. The Hall–Kier alpha value is -1.32. The second-order valence-corrected chi connectivity index (χ2v) is 3.94. The van der Waals surface area contributed by atoms with Gasteiger partial charge < -0.3 is 15.1 Å². The third-order valence-electron chi connectivity index (χ3n) is 2.74. The van der Waals surface area contributed by atoms with E-state index in [0.29, 0.717) is 19.5 Å². The smallest absolute Gasteiger partial charge is 0.0807 e. The molecule has 1 atom stereocenters. The van der Waals surface area contributed by atoms with Gasteiger partial charge >= 0.3 is 0 Å². The van der Waals surface area contributed by atoms with Crippen molar-refractivity contribution in [2.45, 2.75) is 19.4 Å². The first-order chi connectivity index (χ1) is 8.24. The first-order valence-electron chi connectivity index (χ1n) is 5.98. The average molecular weight is 235 g/mol. The van der Waals surface area contributed by atoms with Gasteiger partial charge in [0.1, 0.15) is 0 Å². The molecule has 2 N–H and O–H groups in total. The SMILES string of the molecule is C=CCN(CCO)c1ccccc1[C@@H](O)CC. The van der Waals surface area contributed by atoms with Crippen molar-refractivity contribution >= 4 is 5.69 Å². The van der Waals surface area contributed by atoms with Crippen molar-refractivity contribution in [2.75, 3.05) is 24.6 Å². The van der Waals surface area contributed by atoms with E-state index in [4.69, 9.17) is 5.11 Å². The van der Waals surface area contributed by atoms with Gasteiger partial charge in [-0.25, -0.2) is 0 Å². The monoisotopic (exact) mass is 235 g/mol. The quantitative estimate of drug-likeness (QED) is 0.711. The largest absolute Gasteiger partial charge is 0.395 e. The van der Waals surface area contributed by atoms with Crippen molar-refractivity contribution in [3.05, 3.63) is 42.5 Å². The molecular formula is C14H21NO2. The van der Waals surface area contributed by atoms with Crippen LogP contribution in [-0.2, 0) is 0 Å². The van der Waals surface area contributed by atoms with E-state index in [-0.39, 0.29) is 6.61 Å². The van der Waals surface area contributed by atoms with Crippen LogP contribution in [0.25, 0.3) is 0 Å². The van der Waals surface area contributed by atoms with E-state index in [9.17, 15) is 5.11 Å². The van der Waals surface area contributed by atoms with Gasteiger partial charge in [-0.05, 0) is 12.5 Å². The summed E-state index contributed by atoms with van der Waals surface area (Å²) in [6.45, 7) is 6.96. The second-order valence-electron chi connectivity index (χ2n) is 3.94. The standard InChI is InChI=1S/C14H21NO2/c1-3-9-15(10-11-16)13-8-6-5-7-12(13)14(17)4-2/h3,5-8,14,16-17H,1,4,9-11H2,2H3/t14-/m0/s1. The van der Waals surface area contributed by atoms with Gasteiger partial charge in [-0.1, -0.05) is 31.2 Å². The normalized spacial score (nSPS) is 12.2. The summed E-state index contributed by atoms with van der Waals surface area (Å²) < 4.78 is 0. The maximum Gasteiger partial charge on any atom is 0.0807 e. The molecule has 0 radical (unpaired) electrons. The van der Waals surface area contributed by atoms with Crippen LogP contribution in [0.1, 0.15) is 25.0 Å². The lowest BCUT2D eigenvalue weighted by atomic mass is 10.0. The average Bonchev–Trinajstić information content (AvgIpc) is 2.37. The molecule has 0 fully saturated rings. The molecule has 0 spiro atoms. The van der Waals surface area contributed by atoms with Crippen LogP contribution < -0.4 is 4.90 Å². The van der Waals surface area contributed by atoms with Gasteiger partial charge in [-0.3, -0.25) is 0 Å². The Morgan fingerprint density at radius 1 is 1.41 bits per heavy atom. The molecule has 0 heterocycles. The first kappa shape index (κ1) is 13.7. The third kappa shape index (κ3) is 3.58. The molecule has 0 aliphatic carbocycles. The van der Waals surface area contributed by atoms with Crippen molar-refractivity contribution in [3.8, 4) is 0 Å². The Balaban J connectivity index is 3.03. The Morgan fingerprint density at radius 2 is 2.12 bits per heavy atom. The molecular weight excluding hydrogens is 214 g/mol. The highest BCUT2D eigenvalue weighted by atomic mass is 16.3. The molecule has 1 rings (SSSR count). The molecule has 0 aliphatic rings. The summed E-state index contributed by atoms with van der Waals surface area (Å²) in [6.07, 6.45) is 2.01. The molecule has 3 heteroatoms. The van der Waals surface area contributed by atoms with E-state index in [1.54, 1.807) is 6.08 Å². The molecule has 0 saturated carbocycles. The van der Waals surface area contributed by atoms with E-state index >= 15 is 0 Å². The van der Waals surface area contributed by atoms with Crippen LogP contribution in [0.5, 0.6) is 0 Å². The first-order valence-corrected chi connectivity index (χ1v) is 5.98. The van der Waals surface area contributed by atoms with Crippen LogP contribution in [0.4, 0.5) is 5.69 Å². The molecule has 0 aromatic heterocycles. The number of rotatable bonds is 7. The van der Waals surface area contributed by atoms with Crippen molar-refractivity contribution in [3.63, 3.8) is 0 Å². The maximum absolute atomic E-state index is 9.98. The zero-order chi connectivity index (χ0) is 12.7. The Bertz CT molecular complexity index is 352. The minimum Gasteiger partial charge on any atom is -0.395 e. The Morgan fingerprint density at radius 3 is 2.71 bits per heavy atom. The summed E-state index contributed by atoms with van der Waals surface area (Å²) in [5.74, 6) is 0. The number of anilines is 1.